The number of fused-ring (bicyclic) bond motifs is 2. The van der Waals surface area contributed by atoms with Crippen molar-refractivity contribution in [2.75, 3.05) is 32.2 Å². The fraction of sp³-hybridized carbons (Fsp3) is 0.542. The standard InChI is InChI=1S/C48H63N11O6/c1-26(2)38(53-46(62)64-8)44(60)57-20-10-12-36(57)42-51-32-22-28(24-49-40(32)55-42)34-18-19-35(59(34)31-16-14-30(15-17-31)48(5,6)7)29-23-33-41(50-25-29)56-43(52-33)37-13-11-21-58(37)45(61)39(27(3)4)54-47(63)65-9/h14-17,22-27,34-39H,10-13,18-21H2,1-9H3,(H,53,62)(H,54,63)(H,49,51,55)(H,50,52,56)/t34?,35?,36-,37-,38?,39?/m0/s1. The van der Waals surface area contributed by atoms with Crippen LogP contribution >= 0.6 is 0 Å². The lowest BCUT2D eigenvalue weighted by molar-refractivity contribution is -0.136. The van der Waals surface area contributed by atoms with Crippen LogP contribution in [0.1, 0.15) is 139 Å². The number of methoxy groups -OCH3 is 2. The lowest BCUT2D eigenvalue weighted by Crippen LogP contribution is -2.51. The van der Waals surface area contributed by atoms with Crippen LogP contribution in [0.4, 0.5) is 15.3 Å². The number of hydrogen-bond donors (Lipinski definition) is 4. The molecule has 65 heavy (non-hydrogen) atoms. The van der Waals surface area contributed by atoms with Crippen LogP contribution in [0.3, 0.4) is 0 Å². The van der Waals surface area contributed by atoms with Crippen LogP contribution in [0.25, 0.3) is 22.3 Å². The van der Waals surface area contributed by atoms with E-state index in [2.05, 4.69) is 82.7 Å². The van der Waals surface area contributed by atoms with Crippen LogP contribution in [0.2, 0.25) is 0 Å². The van der Waals surface area contributed by atoms with Crippen molar-refractivity contribution in [2.24, 2.45) is 11.8 Å². The maximum Gasteiger partial charge on any atom is 0.407 e. The van der Waals surface area contributed by atoms with Crippen LogP contribution in [-0.4, -0.2) is 103 Å². The van der Waals surface area contributed by atoms with Gasteiger partial charge in [-0.2, -0.15) is 0 Å². The van der Waals surface area contributed by atoms with Gasteiger partial charge in [-0.1, -0.05) is 60.6 Å². The molecule has 1 aromatic carbocycles. The van der Waals surface area contributed by atoms with Crippen molar-refractivity contribution in [2.45, 2.75) is 129 Å². The zero-order chi connectivity index (χ0) is 46.3. The monoisotopic (exact) mass is 889 g/mol. The van der Waals surface area contributed by atoms with E-state index in [1.807, 2.05) is 49.9 Å². The molecular weight excluding hydrogens is 827 g/mol. The fourth-order valence-electron chi connectivity index (χ4n) is 9.89. The number of imidazole rings is 2. The number of anilines is 1. The Labute approximate surface area is 379 Å². The first-order valence-electron chi connectivity index (χ1n) is 23.0. The summed E-state index contributed by atoms with van der Waals surface area (Å²) in [6.45, 7) is 15.4. The summed E-state index contributed by atoms with van der Waals surface area (Å²) in [6.07, 6.45) is 7.40. The number of hydrogen-bond acceptors (Lipinski definition) is 11. The normalized spacial score (nSPS) is 21.1. The molecule has 3 fully saturated rings. The summed E-state index contributed by atoms with van der Waals surface area (Å²) in [6, 6.07) is 11.1. The Morgan fingerprint density at radius 3 is 1.48 bits per heavy atom. The van der Waals surface area contributed by atoms with Gasteiger partial charge in [0, 0.05) is 31.2 Å². The third kappa shape index (κ3) is 9.06. The molecule has 3 aliphatic rings. The molecule has 346 valence electrons. The zero-order valence-corrected chi connectivity index (χ0v) is 39.0. The fourth-order valence-corrected chi connectivity index (χ4v) is 9.89. The highest BCUT2D eigenvalue weighted by molar-refractivity contribution is 5.87. The third-order valence-corrected chi connectivity index (χ3v) is 13.4. The van der Waals surface area contributed by atoms with Crippen molar-refractivity contribution < 1.29 is 28.7 Å². The van der Waals surface area contributed by atoms with E-state index in [9.17, 15) is 19.2 Å². The number of aromatic amines is 2. The molecule has 8 rings (SSSR count). The second kappa shape index (κ2) is 18.3. The largest absolute Gasteiger partial charge is 0.453 e. The van der Waals surface area contributed by atoms with Gasteiger partial charge in [0.1, 0.15) is 23.7 Å². The van der Waals surface area contributed by atoms with E-state index < -0.39 is 24.3 Å². The molecule has 4 N–H and O–H groups in total. The Balaban J connectivity index is 1.09. The van der Waals surface area contributed by atoms with E-state index in [0.717, 1.165) is 66.4 Å². The van der Waals surface area contributed by atoms with Gasteiger partial charge in [-0.05, 0) is 96.7 Å². The third-order valence-electron chi connectivity index (χ3n) is 13.4. The molecule has 3 saturated heterocycles. The van der Waals surface area contributed by atoms with Gasteiger partial charge in [0.25, 0.3) is 0 Å². The number of pyridine rings is 2. The molecule has 4 aromatic heterocycles. The van der Waals surface area contributed by atoms with E-state index in [1.54, 1.807) is 0 Å². The van der Waals surface area contributed by atoms with Crippen molar-refractivity contribution in [1.82, 2.24) is 50.3 Å². The Bertz CT molecular complexity index is 2400. The number of alkyl carbamates (subject to hydrolysis) is 2. The van der Waals surface area contributed by atoms with Gasteiger partial charge in [-0.3, -0.25) is 9.59 Å². The molecule has 5 aromatic rings. The molecule has 0 bridgehead atoms. The van der Waals surface area contributed by atoms with Gasteiger partial charge in [0.05, 0.1) is 49.4 Å². The zero-order valence-electron chi connectivity index (χ0n) is 39.0. The van der Waals surface area contributed by atoms with Crippen LogP contribution < -0.4 is 15.5 Å². The van der Waals surface area contributed by atoms with E-state index in [-0.39, 0.29) is 53.2 Å². The minimum atomic E-state index is -0.726. The summed E-state index contributed by atoms with van der Waals surface area (Å²) < 4.78 is 9.64. The molecule has 4 amide bonds. The Morgan fingerprint density at radius 1 is 0.662 bits per heavy atom. The van der Waals surface area contributed by atoms with E-state index in [1.165, 1.54) is 19.8 Å². The number of amides is 4. The van der Waals surface area contributed by atoms with E-state index in [0.29, 0.717) is 36.0 Å². The average molecular weight is 890 g/mol. The predicted molar refractivity (Wildman–Crippen MR) is 246 cm³/mol. The second-order valence-electron chi connectivity index (χ2n) is 19.4. The van der Waals surface area contributed by atoms with Crippen molar-refractivity contribution in [1.29, 1.82) is 0 Å². The van der Waals surface area contributed by atoms with Gasteiger partial charge in [0.2, 0.25) is 11.8 Å². The number of carbonyl (C=O) groups excluding carboxylic acids is 4. The van der Waals surface area contributed by atoms with Crippen LogP contribution in [0, 0.1) is 11.8 Å². The number of nitrogens with one attached hydrogen (secondary N) is 4. The first kappa shape index (κ1) is 45.3. The van der Waals surface area contributed by atoms with Crippen LogP contribution in [-0.2, 0) is 24.5 Å². The predicted octanol–water partition coefficient (Wildman–Crippen LogP) is 7.70. The average Bonchev–Trinajstić information content (AvgIpc) is 4.14. The highest BCUT2D eigenvalue weighted by Gasteiger charge is 2.41. The Morgan fingerprint density at radius 2 is 1.09 bits per heavy atom. The van der Waals surface area contributed by atoms with E-state index in [4.69, 9.17) is 29.4 Å². The molecule has 17 nitrogen and oxygen atoms in total. The molecule has 7 heterocycles. The summed E-state index contributed by atoms with van der Waals surface area (Å²) in [5.41, 5.74) is 7.16. The molecule has 0 saturated carbocycles. The number of benzene rings is 1. The number of ether oxygens (including phenoxy) is 2. The van der Waals surface area contributed by atoms with Crippen LogP contribution in [0.5, 0.6) is 0 Å². The number of carbonyl (C=O) groups is 4. The number of aromatic nitrogens is 6. The smallest absolute Gasteiger partial charge is 0.407 e. The summed E-state index contributed by atoms with van der Waals surface area (Å²) in [7, 11) is 2.59. The van der Waals surface area contributed by atoms with Crippen molar-refractivity contribution in [3.05, 3.63) is 77.1 Å². The highest BCUT2D eigenvalue weighted by Crippen LogP contribution is 2.48. The Kier molecular flexibility index (Phi) is 12.8. The SMILES string of the molecule is COC(=O)NC(C(=O)N1CCC[C@H]1c1nc2ncc(C3CCC(c4cnc5nc([C@@H]6CCCN6C(=O)C(NC(=O)OC)C(C)C)[nH]c5c4)N3c3ccc(C(C)(C)C)cc3)cc2[nH]1)C(C)C. The van der Waals surface area contributed by atoms with Gasteiger partial charge in [-0.25, -0.2) is 29.5 Å². The molecular formula is C48H63N11O6. The lowest BCUT2D eigenvalue weighted by atomic mass is 9.87. The van der Waals surface area contributed by atoms with E-state index >= 15 is 0 Å². The molecule has 3 aliphatic heterocycles. The van der Waals surface area contributed by atoms with Crippen molar-refractivity contribution in [3.8, 4) is 0 Å². The van der Waals surface area contributed by atoms with Gasteiger partial charge in [-0.15, -0.1) is 0 Å². The molecule has 0 radical (unpaired) electrons. The second-order valence-corrected chi connectivity index (χ2v) is 19.4. The first-order valence-corrected chi connectivity index (χ1v) is 23.0. The Hall–Kier alpha value is -6.26. The number of likely N-dealkylation sites (tertiary alicyclic amines) is 2. The number of nitrogens with zero attached hydrogens (tertiary/aromatic N) is 7. The molecule has 4 unspecified atom stereocenters. The van der Waals surface area contributed by atoms with Gasteiger partial charge >= 0.3 is 12.2 Å². The van der Waals surface area contributed by atoms with Crippen molar-refractivity contribution in [3.63, 3.8) is 0 Å². The summed E-state index contributed by atoms with van der Waals surface area (Å²) in [5.74, 6) is 0.759. The summed E-state index contributed by atoms with van der Waals surface area (Å²) in [5, 5.41) is 5.45. The minimum Gasteiger partial charge on any atom is -0.453 e. The number of rotatable bonds is 11. The maximum atomic E-state index is 13.9. The molecule has 0 aliphatic carbocycles. The molecule has 6 atom stereocenters. The minimum absolute atomic E-state index is 0.0109. The molecule has 0 spiro atoms. The summed E-state index contributed by atoms with van der Waals surface area (Å²) >= 11 is 0. The van der Waals surface area contributed by atoms with Gasteiger partial charge < -0.3 is 44.8 Å². The molecule has 17 heteroatoms. The summed E-state index contributed by atoms with van der Waals surface area (Å²) in [4.78, 5) is 84.8. The lowest BCUT2D eigenvalue weighted by Gasteiger charge is -2.33. The first-order chi connectivity index (χ1) is 31.1. The highest BCUT2D eigenvalue weighted by atomic mass is 16.5. The number of H-pyrrole nitrogens is 2. The van der Waals surface area contributed by atoms with Crippen molar-refractivity contribution >= 4 is 52.0 Å². The quantitative estimate of drug-likeness (QED) is 0.101. The topological polar surface area (TPSA) is 204 Å². The van der Waals surface area contributed by atoms with Gasteiger partial charge in [0.15, 0.2) is 11.3 Å². The maximum absolute atomic E-state index is 13.9. The van der Waals surface area contributed by atoms with Crippen LogP contribution in [0.15, 0.2) is 48.8 Å².